The van der Waals surface area contributed by atoms with Gasteiger partial charge < -0.3 is 14.4 Å². The van der Waals surface area contributed by atoms with Crippen molar-refractivity contribution in [2.24, 2.45) is 0 Å². The molecule has 0 bridgehead atoms. The minimum Gasteiger partial charge on any atom is -0.461 e. The number of furan rings is 1. The number of H-pyrrole nitrogens is 2. The Labute approximate surface area is 155 Å². The van der Waals surface area contributed by atoms with E-state index in [1.54, 1.807) is 18.4 Å². The Morgan fingerprint density at radius 3 is 3.07 bits per heavy atom. The highest BCUT2D eigenvalue weighted by Crippen LogP contribution is 2.24. The first-order chi connectivity index (χ1) is 13.2. The fraction of sp³-hybridized carbons (Fsp3) is 0.238. The highest BCUT2D eigenvalue weighted by atomic mass is 16.3. The monoisotopic (exact) mass is 360 g/mol. The summed E-state index contributed by atoms with van der Waals surface area (Å²) in [6, 6.07) is 10.1. The number of benzene rings is 1. The molecule has 4 aromatic rings. The van der Waals surface area contributed by atoms with Crippen LogP contribution in [0.25, 0.3) is 22.5 Å². The lowest BCUT2D eigenvalue weighted by molar-refractivity contribution is 0.241. The molecule has 6 heteroatoms. The zero-order valence-corrected chi connectivity index (χ0v) is 15.1. The highest BCUT2D eigenvalue weighted by Gasteiger charge is 2.22. The van der Waals surface area contributed by atoms with Crippen LogP contribution in [0.4, 0.5) is 0 Å². The van der Waals surface area contributed by atoms with Gasteiger partial charge in [0.05, 0.1) is 12.0 Å². The molecule has 0 atom stereocenters. The first-order valence-electron chi connectivity index (χ1n) is 9.12. The Bertz CT molecular complexity index is 1170. The van der Waals surface area contributed by atoms with Crippen molar-refractivity contribution in [1.29, 1.82) is 0 Å². The van der Waals surface area contributed by atoms with Crippen LogP contribution in [0.15, 0.2) is 52.0 Å². The fourth-order valence-electron chi connectivity index (χ4n) is 3.82. The van der Waals surface area contributed by atoms with Crippen LogP contribution in [0.5, 0.6) is 0 Å². The Hall–Kier alpha value is -3.12. The average molecular weight is 360 g/mol. The Kier molecular flexibility index (Phi) is 3.72. The molecule has 0 spiro atoms. The Balaban J connectivity index is 1.45. The van der Waals surface area contributed by atoms with Gasteiger partial charge in [0.2, 0.25) is 0 Å². The van der Waals surface area contributed by atoms with Crippen LogP contribution < -0.4 is 5.56 Å². The second kappa shape index (κ2) is 6.25. The minimum absolute atomic E-state index is 0.0613. The van der Waals surface area contributed by atoms with Crippen LogP contribution in [-0.2, 0) is 19.5 Å². The highest BCUT2D eigenvalue weighted by molar-refractivity contribution is 5.83. The smallest absolute Gasteiger partial charge is 0.254 e. The third-order valence-corrected chi connectivity index (χ3v) is 5.22. The number of hydrogen-bond acceptors (Lipinski definition) is 4. The molecule has 0 saturated carbocycles. The lowest BCUT2D eigenvalue weighted by Crippen LogP contribution is -2.35. The number of rotatable bonds is 3. The molecular weight excluding hydrogens is 340 g/mol. The van der Waals surface area contributed by atoms with Gasteiger partial charge in [0.25, 0.3) is 5.56 Å². The van der Waals surface area contributed by atoms with Gasteiger partial charge in [0.1, 0.15) is 0 Å². The molecule has 0 radical (unpaired) electrons. The van der Waals surface area contributed by atoms with Crippen molar-refractivity contribution >= 4 is 10.9 Å². The van der Waals surface area contributed by atoms with E-state index < -0.39 is 0 Å². The zero-order valence-electron chi connectivity index (χ0n) is 15.1. The molecule has 0 saturated heterocycles. The second-order valence-electron chi connectivity index (χ2n) is 7.14. The third-order valence-electron chi connectivity index (χ3n) is 5.22. The number of fused-ring (bicyclic) bond motifs is 2. The number of aryl methyl sites for hydroxylation is 1. The summed E-state index contributed by atoms with van der Waals surface area (Å²) >= 11 is 0. The van der Waals surface area contributed by atoms with Gasteiger partial charge in [-0.25, -0.2) is 4.98 Å². The van der Waals surface area contributed by atoms with Crippen LogP contribution in [0, 0.1) is 6.92 Å². The maximum absolute atomic E-state index is 12.5. The van der Waals surface area contributed by atoms with Gasteiger partial charge in [-0.2, -0.15) is 0 Å². The van der Waals surface area contributed by atoms with E-state index in [0.29, 0.717) is 24.6 Å². The van der Waals surface area contributed by atoms with Crippen molar-refractivity contribution in [1.82, 2.24) is 19.9 Å². The molecule has 5 rings (SSSR count). The topological polar surface area (TPSA) is 77.9 Å². The SMILES string of the molecule is Cc1ccc2[nH]cc(CN3CCc4c(nc(-c5ccco5)[nH]c4=O)C3)c2c1. The van der Waals surface area contributed by atoms with E-state index in [2.05, 4.69) is 51.2 Å². The maximum Gasteiger partial charge on any atom is 0.254 e. The lowest BCUT2D eigenvalue weighted by atomic mass is 10.0. The molecular formula is C21H20N4O2. The molecule has 0 aliphatic carbocycles. The Morgan fingerprint density at radius 2 is 2.22 bits per heavy atom. The molecule has 136 valence electrons. The van der Waals surface area contributed by atoms with E-state index in [1.165, 1.54) is 16.5 Å². The molecule has 3 aromatic heterocycles. The fourth-order valence-corrected chi connectivity index (χ4v) is 3.82. The van der Waals surface area contributed by atoms with Gasteiger partial charge in [-0.15, -0.1) is 0 Å². The molecule has 4 heterocycles. The number of aromatic amines is 2. The van der Waals surface area contributed by atoms with Crippen molar-refractivity contribution in [3.63, 3.8) is 0 Å². The molecule has 0 unspecified atom stereocenters. The molecule has 6 nitrogen and oxygen atoms in total. The van der Waals surface area contributed by atoms with E-state index >= 15 is 0 Å². The van der Waals surface area contributed by atoms with Crippen molar-refractivity contribution in [2.45, 2.75) is 26.4 Å². The van der Waals surface area contributed by atoms with E-state index in [1.807, 2.05) is 0 Å². The van der Waals surface area contributed by atoms with Crippen LogP contribution in [-0.4, -0.2) is 26.4 Å². The minimum atomic E-state index is -0.0613. The van der Waals surface area contributed by atoms with Crippen LogP contribution >= 0.6 is 0 Å². The van der Waals surface area contributed by atoms with Gasteiger partial charge in [0, 0.05) is 42.3 Å². The van der Waals surface area contributed by atoms with Gasteiger partial charge in [-0.3, -0.25) is 9.69 Å². The Morgan fingerprint density at radius 1 is 1.30 bits per heavy atom. The van der Waals surface area contributed by atoms with Crippen molar-refractivity contribution in [3.05, 3.63) is 75.5 Å². The lowest BCUT2D eigenvalue weighted by Gasteiger charge is -2.27. The van der Waals surface area contributed by atoms with Gasteiger partial charge in [-0.1, -0.05) is 11.6 Å². The van der Waals surface area contributed by atoms with Crippen molar-refractivity contribution < 1.29 is 4.42 Å². The normalized spacial score (nSPS) is 14.6. The van der Waals surface area contributed by atoms with E-state index in [4.69, 9.17) is 4.42 Å². The summed E-state index contributed by atoms with van der Waals surface area (Å²) in [7, 11) is 0. The largest absolute Gasteiger partial charge is 0.461 e. The van der Waals surface area contributed by atoms with Crippen LogP contribution in [0.1, 0.15) is 22.4 Å². The number of nitrogens with zero attached hydrogens (tertiary/aromatic N) is 2. The average Bonchev–Trinajstić information content (AvgIpc) is 3.32. The molecule has 0 amide bonds. The predicted molar refractivity (Wildman–Crippen MR) is 103 cm³/mol. The molecule has 0 fully saturated rings. The summed E-state index contributed by atoms with van der Waals surface area (Å²) in [6.45, 7) is 4.44. The third kappa shape index (κ3) is 2.88. The maximum atomic E-state index is 12.5. The van der Waals surface area contributed by atoms with Crippen LogP contribution in [0.3, 0.4) is 0 Å². The van der Waals surface area contributed by atoms with Crippen molar-refractivity contribution in [3.8, 4) is 11.6 Å². The summed E-state index contributed by atoms with van der Waals surface area (Å²) in [6.07, 6.45) is 4.37. The first kappa shape index (κ1) is 16.1. The standard InChI is InChI=1S/C21H20N4O2/c1-13-4-5-17-16(9-13)14(10-22-17)11-25-7-6-15-18(12-25)23-20(24-21(15)26)19-3-2-8-27-19/h2-5,8-10,22H,6-7,11-12H2,1H3,(H,23,24,26). The molecule has 2 N–H and O–H groups in total. The quantitative estimate of drug-likeness (QED) is 0.587. The zero-order chi connectivity index (χ0) is 18.4. The number of nitrogens with one attached hydrogen (secondary N) is 2. The number of aromatic nitrogens is 3. The van der Waals surface area contributed by atoms with Gasteiger partial charge in [-0.05, 0) is 43.2 Å². The molecule has 1 aliphatic heterocycles. The van der Waals surface area contributed by atoms with E-state index in [9.17, 15) is 4.79 Å². The predicted octanol–water partition coefficient (Wildman–Crippen LogP) is 3.38. The summed E-state index contributed by atoms with van der Waals surface area (Å²) in [5.74, 6) is 1.08. The van der Waals surface area contributed by atoms with Gasteiger partial charge >= 0.3 is 0 Å². The summed E-state index contributed by atoms with van der Waals surface area (Å²) in [4.78, 5) is 25.7. The number of hydrogen-bond donors (Lipinski definition) is 2. The molecule has 1 aromatic carbocycles. The second-order valence-corrected chi connectivity index (χ2v) is 7.14. The van der Waals surface area contributed by atoms with Crippen molar-refractivity contribution in [2.75, 3.05) is 6.54 Å². The molecule has 27 heavy (non-hydrogen) atoms. The summed E-state index contributed by atoms with van der Waals surface area (Å²) < 4.78 is 5.39. The molecule has 1 aliphatic rings. The van der Waals surface area contributed by atoms with Crippen LogP contribution in [0.2, 0.25) is 0 Å². The summed E-state index contributed by atoms with van der Waals surface area (Å²) in [5, 5.41) is 1.26. The van der Waals surface area contributed by atoms with E-state index in [-0.39, 0.29) is 5.56 Å². The van der Waals surface area contributed by atoms with Gasteiger partial charge in [0.15, 0.2) is 11.6 Å². The first-order valence-corrected chi connectivity index (χ1v) is 9.12. The van der Waals surface area contributed by atoms with E-state index in [0.717, 1.165) is 29.9 Å². The summed E-state index contributed by atoms with van der Waals surface area (Å²) in [5.41, 5.74) is 5.25.